The molecule has 1 amide bonds. The Kier molecular flexibility index (Phi) is 4.56. The van der Waals surface area contributed by atoms with Gasteiger partial charge in [-0.2, -0.15) is 0 Å². The first kappa shape index (κ1) is 14.0. The molecule has 19 heavy (non-hydrogen) atoms. The molecule has 4 heteroatoms. The number of ether oxygens (including phenoxy) is 1. The standard InChI is InChI=1S/C15H21NO3/c1-12(13-5-3-2-4-6-13)14(18)16-15(11-17)7-9-19-10-8-15/h2-6,12,17H,7-11H2,1H3,(H,16,18). The predicted octanol–water partition coefficient (Wildman–Crippen LogP) is 1.45. The fourth-order valence-electron chi connectivity index (χ4n) is 2.35. The number of aliphatic hydroxyl groups excluding tert-OH is 1. The minimum Gasteiger partial charge on any atom is -0.394 e. The molecule has 1 atom stereocenters. The van der Waals surface area contributed by atoms with Crippen LogP contribution in [0, 0.1) is 0 Å². The lowest BCUT2D eigenvalue weighted by Crippen LogP contribution is -2.55. The van der Waals surface area contributed by atoms with E-state index in [9.17, 15) is 9.90 Å². The van der Waals surface area contributed by atoms with Crippen molar-refractivity contribution < 1.29 is 14.6 Å². The van der Waals surface area contributed by atoms with Gasteiger partial charge in [0.1, 0.15) is 0 Å². The zero-order valence-electron chi connectivity index (χ0n) is 11.3. The fourth-order valence-corrected chi connectivity index (χ4v) is 2.35. The quantitative estimate of drug-likeness (QED) is 0.864. The fraction of sp³-hybridized carbons (Fsp3) is 0.533. The zero-order valence-corrected chi connectivity index (χ0v) is 11.3. The molecule has 0 aromatic heterocycles. The third-order valence-corrected chi connectivity index (χ3v) is 3.83. The molecule has 1 aliphatic heterocycles. The Labute approximate surface area is 113 Å². The Balaban J connectivity index is 2.03. The summed E-state index contributed by atoms with van der Waals surface area (Å²) in [6.07, 6.45) is 1.33. The van der Waals surface area contributed by atoms with Crippen LogP contribution in [0.1, 0.15) is 31.2 Å². The van der Waals surface area contributed by atoms with E-state index in [0.29, 0.717) is 26.1 Å². The van der Waals surface area contributed by atoms with Crippen LogP contribution in [0.25, 0.3) is 0 Å². The number of carbonyl (C=O) groups excluding carboxylic acids is 1. The number of aliphatic hydroxyl groups is 1. The van der Waals surface area contributed by atoms with Crippen LogP contribution in [0.5, 0.6) is 0 Å². The van der Waals surface area contributed by atoms with Gasteiger partial charge >= 0.3 is 0 Å². The summed E-state index contributed by atoms with van der Waals surface area (Å²) in [5, 5.41) is 12.6. The van der Waals surface area contributed by atoms with Gasteiger partial charge in [0.2, 0.25) is 5.91 Å². The van der Waals surface area contributed by atoms with Crippen molar-refractivity contribution in [1.29, 1.82) is 0 Å². The van der Waals surface area contributed by atoms with E-state index < -0.39 is 5.54 Å². The molecule has 2 N–H and O–H groups in total. The van der Waals surface area contributed by atoms with E-state index in [0.717, 1.165) is 5.56 Å². The van der Waals surface area contributed by atoms with E-state index >= 15 is 0 Å². The first-order valence-electron chi connectivity index (χ1n) is 6.72. The van der Waals surface area contributed by atoms with Crippen molar-refractivity contribution in [3.63, 3.8) is 0 Å². The van der Waals surface area contributed by atoms with Crippen molar-refractivity contribution in [2.45, 2.75) is 31.2 Å². The number of benzene rings is 1. The van der Waals surface area contributed by atoms with Gasteiger partial charge in [-0.3, -0.25) is 4.79 Å². The molecule has 0 spiro atoms. The molecule has 0 radical (unpaired) electrons. The van der Waals surface area contributed by atoms with Crippen LogP contribution in [0.4, 0.5) is 0 Å². The monoisotopic (exact) mass is 263 g/mol. The van der Waals surface area contributed by atoms with Crippen LogP contribution >= 0.6 is 0 Å². The summed E-state index contributed by atoms with van der Waals surface area (Å²) in [5.74, 6) is -0.255. The maximum Gasteiger partial charge on any atom is 0.227 e. The van der Waals surface area contributed by atoms with E-state index in [1.807, 2.05) is 37.3 Å². The molecule has 4 nitrogen and oxygen atoms in total. The Morgan fingerprint density at radius 3 is 2.58 bits per heavy atom. The van der Waals surface area contributed by atoms with Crippen molar-refractivity contribution >= 4 is 5.91 Å². The van der Waals surface area contributed by atoms with Crippen molar-refractivity contribution in [2.24, 2.45) is 0 Å². The molecule has 1 saturated heterocycles. The summed E-state index contributed by atoms with van der Waals surface area (Å²) in [4.78, 5) is 12.3. The lowest BCUT2D eigenvalue weighted by atomic mass is 9.89. The first-order chi connectivity index (χ1) is 9.17. The highest BCUT2D eigenvalue weighted by Crippen LogP contribution is 2.22. The molecule has 1 heterocycles. The zero-order chi connectivity index (χ0) is 13.7. The third-order valence-electron chi connectivity index (χ3n) is 3.83. The maximum absolute atomic E-state index is 12.3. The molecular formula is C15H21NO3. The lowest BCUT2D eigenvalue weighted by Gasteiger charge is -2.37. The van der Waals surface area contributed by atoms with Crippen molar-refractivity contribution in [1.82, 2.24) is 5.32 Å². The van der Waals surface area contributed by atoms with Crippen LogP contribution in [-0.4, -0.2) is 36.4 Å². The highest BCUT2D eigenvalue weighted by atomic mass is 16.5. The number of nitrogens with one attached hydrogen (secondary N) is 1. The van der Waals surface area contributed by atoms with Crippen LogP contribution in [-0.2, 0) is 9.53 Å². The van der Waals surface area contributed by atoms with Gasteiger partial charge in [0, 0.05) is 13.2 Å². The van der Waals surface area contributed by atoms with Crippen molar-refractivity contribution in [2.75, 3.05) is 19.8 Å². The second-order valence-corrected chi connectivity index (χ2v) is 5.17. The summed E-state index contributed by atoms with van der Waals surface area (Å²) in [7, 11) is 0. The maximum atomic E-state index is 12.3. The largest absolute Gasteiger partial charge is 0.394 e. The van der Waals surface area contributed by atoms with E-state index in [1.165, 1.54) is 0 Å². The van der Waals surface area contributed by atoms with Gasteiger partial charge in [-0.25, -0.2) is 0 Å². The number of amides is 1. The molecule has 1 aromatic carbocycles. The Hall–Kier alpha value is -1.39. The summed E-state index contributed by atoms with van der Waals surface area (Å²) >= 11 is 0. The predicted molar refractivity (Wildman–Crippen MR) is 72.9 cm³/mol. The first-order valence-corrected chi connectivity index (χ1v) is 6.72. The molecule has 0 bridgehead atoms. The second-order valence-electron chi connectivity index (χ2n) is 5.17. The van der Waals surface area contributed by atoms with Gasteiger partial charge < -0.3 is 15.2 Å². The van der Waals surface area contributed by atoms with E-state index in [4.69, 9.17) is 4.74 Å². The molecule has 1 aromatic rings. The van der Waals surface area contributed by atoms with Gasteiger partial charge in [0.15, 0.2) is 0 Å². The lowest BCUT2D eigenvalue weighted by molar-refractivity contribution is -0.126. The SMILES string of the molecule is CC(C(=O)NC1(CO)CCOCC1)c1ccccc1. The van der Waals surface area contributed by atoms with Gasteiger partial charge in [-0.05, 0) is 25.3 Å². The van der Waals surface area contributed by atoms with Gasteiger partial charge in [0.25, 0.3) is 0 Å². The third kappa shape index (κ3) is 3.33. The Morgan fingerprint density at radius 1 is 1.37 bits per heavy atom. The topological polar surface area (TPSA) is 58.6 Å². The summed E-state index contributed by atoms with van der Waals surface area (Å²) in [5.41, 5.74) is 0.471. The molecule has 1 unspecified atom stereocenters. The average Bonchev–Trinajstić information content (AvgIpc) is 2.48. The van der Waals surface area contributed by atoms with E-state index in [2.05, 4.69) is 5.32 Å². The van der Waals surface area contributed by atoms with Crippen LogP contribution in [0.15, 0.2) is 30.3 Å². The Bertz CT molecular complexity index is 413. The summed E-state index contributed by atoms with van der Waals surface area (Å²) in [6, 6.07) is 9.67. The van der Waals surface area contributed by atoms with Gasteiger partial charge in [-0.1, -0.05) is 30.3 Å². The smallest absolute Gasteiger partial charge is 0.227 e. The number of carbonyl (C=O) groups is 1. The van der Waals surface area contributed by atoms with Gasteiger partial charge in [0.05, 0.1) is 18.1 Å². The molecule has 1 fully saturated rings. The molecule has 0 aliphatic carbocycles. The number of hydrogen-bond donors (Lipinski definition) is 2. The minimum atomic E-state index is -0.516. The van der Waals surface area contributed by atoms with Crippen LogP contribution in [0.2, 0.25) is 0 Å². The summed E-state index contributed by atoms with van der Waals surface area (Å²) in [6.45, 7) is 3.01. The number of hydrogen-bond acceptors (Lipinski definition) is 3. The highest BCUT2D eigenvalue weighted by molar-refractivity contribution is 5.83. The van der Waals surface area contributed by atoms with Gasteiger partial charge in [-0.15, -0.1) is 0 Å². The Morgan fingerprint density at radius 2 is 2.00 bits per heavy atom. The average molecular weight is 263 g/mol. The van der Waals surface area contributed by atoms with Crippen molar-refractivity contribution in [3.8, 4) is 0 Å². The molecule has 1 aliphatic rings. The van der Waals surface area contributed by atoms with Crippen LogP contribution < -0.4 is 5.32 Å². The second kappa shape index (κ2) is 6.17. The van der Waals surface area contributed by atoms with E-state index in [1.54, 1.807) is 0 Å². The van der Waals surface area contributed by atoms with Crippen LogP contribution in [0.3, 0.4) is 0 Å². The minimum absolute atomic E-state index is 0.0381. The molecular weight excluding hydrogens is 242 g/mol. The highest BCUT2D eigenvalue weighted by Gasteiger charge is 2.34. The molecule has 104 valence electrons. The number of rotatable bonds is 4. The normalized spacial score (nSPS) is 19.7. The molecule has 2 rings (SSSR count). The summed E-state index contributed by atoms with van der Waals surface area (Å²) < 4.78 is 5.29. The van der Waals surface area contributed by atoms with Crippen molar-refractivity contribution in [3.05, 3.63) is 35.9 Å². The van der Waals surface area contributed by atoms with E-state index in [-0.39, 0.29) is 18.4 Å². The molecule has 0 saturated carbocycles.